The van der Waals surface area contributed by atoms with Crippen LogP contribution in [0.15, 0.2) is 169 Å². The van der Waals surface area contributed by atoms with Crippen LogP contribution >= 0.6 is 0 Å². The lowest BCUT2D eigenvalue weighted by atomic mass is 9.25. The Labute approximate surface area is 332 Å². The quantitative estimate of drug-likeness (QED) is 0.154. The van der Waals surface area contributed by atoms with Gasteiger partial charge in [0.05, 0.1) is 17.7 Å². The smallest absolute Gasteiger partial charge is 0.0991 e. The highest BCUT2D eigenvalue weighted by atomic mass is 14.8. The van der Waals surface area contributed by atoms with Gasteiger partial charge < -0.3 is 0 Å². The molecule has 7 unspecified atom stereocenters. The summed E-state index contributed by atoms with van der Waals surface area (Å²) in [5, 5.41) is 9.20. The van der Waals surface area contributed by atoms with Crippen LogP contribution < -0.4 is 0 Å². The average molecular weight is 725 g/mol. The number of hydrogen-bond acceptors (Lipinski definition) is 2. The monoisotopic (exact) mass is 724 g/mol. The molecule has 6 aromatic carbocycles. The summed E-state index contributed by atoms with van der Waals surface area (Å²) in [4.78, 5) is 5.61. The molecule has 4 aliphatic rings. The summed E-state index contributed by atoms with van der Waals surface area (Å²) in [6.45, 7) is 2.32. The van der Waals surface area contributed by atoms with Gasteiger partial charge in [-0.2, -0.15) is 5.26 Å². The van der Waals surface area contributed by atoms with E-state index in [9.17, 15) is 5.26 Å². The average Bonchev–Trinajstić information content (AvgIpc) is 3.24. The van der Waals surface area contributed by atoms with Gasteiger partial charge in [0.15, 0.2) is 0 Å². The third-order valence-electron chi connectivity index (χ3n) is 14.3. The van der Waals surface area contributed by atoms with E-state index in [1.165, 1.54) is 80.6 Å². The van der Waals surface area contributed by atoms with Crippen molar-refractivity contribution in [2.75, 3.05) is 0 Å². The molecule has 2 nitrogen and oxygen atoms in total. The second-order valence-electron chi connectivity index (χ2n) is 16.7. The van der Waals surface area contributed by atoms with Crippen molar-refractivity contribution in [1.29, 1.82) is 5.26 Å². The zero-order chi connectivity index (χ0) is 37.6. The molecule has 1 aliphatic heterocycles. The lowest BCUT2D eigenvalue weighted by Gasteiger charge is -2.79. The van der Waals surface area contributed by atoms with Crippen LogP contribution in [0.5, 0.6) is 0 Å². The molecular weight excluding hydrogens is 677 g/mol. The Morgan fingerprint density at radius 1 is 0.554 bits per heavy atom. The Morgan fingerprint density at radius 3 is 1.52 bits per heavy atom. The lowest BCUT2D eigenvalue weighted by molar-refractivity contribution is -0.253. The van der Waals surface area contributed by atoms with Crippen LogP contribution in [0.1, 0.15) is 96.7 Å². The minimum atomic E-state index is 0.0437. The van der Waals surface area contributed by atoms with Crippen LogP contribution in [0, 0.1) is 34.5 Å². The molecule has 1 spiro atoms. The molecule has 3 fully saturated rings. The number of rotatable bonds is 8. The molecular formula is C54H48N2. The van der Waals surface area contributed by atoms with E-state index in [-0.39, 0.29) is 6.04 Å². The van der Waals surface area contributed by atoms with E-state index in [2.05, 4.69) is 165 Å². The van der Waals surface area contributed by atoms with Crippen LogP contribution in [0.2, 0.25) is 0 Å². The number of allylic oxidation sites excluding steroid dienone is 1. The Morgan fingerprint density at radius 2 is 1.04 bits per heavy atom. The predicted octanol–water partition coefficient (Wildman–Crippen LogP) is 13.6. The van der Waals surface area contributed by atoms with Crippen LogP contribution in [-0.4, -0.2) is 5.71 Å². The number of hydrogen-bond donors (Lipinski definition) is 0. The van der Waals surface area contributed by atoms with E-state index in [1.807, 2.05) is 12.1 Å². The van der Waals surface area contributed by atoms with Gasteiger partial charge in [-0.05, 0) is 135 Å². The Kier molecular flexibility index (Phi) is 8.91. The van der Waals surface area contributed by atoms with Crippen LogP contribution in [0.3, 0.4) is 0 Å². The highest BCUT2D eigenvalue weighted by molar-refractivity contribution is 6.01. The van der Waals surface area contributed by atoms with E-state index < -0.39 is 0 Å². The minimum absolute atomic E-state index is 0.0437. The van der Waals surface area contributed by atoms with Gasteiger partial charge >= 0.3 is 0 Å². The highest BCUT2D eigenvalue weighted by Crippen LogP contribution is 2.84. The molecule has 2 heteroatoms. The fraction of sp³-hybridized carbons (Fsp3) is 0.259. The maximum atomic E-state index is 9.20. The van der Waals surface area contributed by atoms with Crippen molar-refractivity contribution in [2.45, 2.75) is 63.3 Å². The molecule has 56 heavy (non-hydrogen) atoms. The fourth-order valence-corrected chi connectivity index (χ4v) is 11.4. The molecule has 0 aromatic heterocycles. The first-order valence-corrected chi connectivity index (χ1v) is 20.8. The molecule has 6 aromatic rings. The molecule has 3 saturated carbocycles. The zero-order valence-electron chi connectivity index (χ0n) is 32.2. The second-order valence-corrected chi connectivity index (χ2v) is 16.7. The van der Waals surface area contributed by atoms with E-state index in [1.54, 1.807) is 0 Å². The van der Waals surface area contributed by atoms with E-state index in [0.717, 1.165) is 31.1 Å². The van der Waals surface area contributed by atoms with Gasteiger partial charge in [-0.25, -0.2) is 0 Å². The largest absolute Gasteiger partial charge is 0.280 e. The molecule has 3 aliphatic carbocycles. The summed E-state index contributed by atoms with van der Waals surface area (Å²) >= 11 is 0. The van der Waals surface area contributed by atoms with Crippen molar-refractivity contribution in [3.63, 3.8) is 0 Å². The first kappa shape index (κ1) is 34.7. The molecule has 0 N–H and O–H groups in total. The second kappa shape index (κ2) is 14.4. The summed E-state index contributed by atoms with van der Waals surface area (Å²) in [5.74, 6) is 3.31. The van der Waals surface area contributed by atoms with Crippen molar-refractivity contribution in [3.8, 4) is 28.3 Å². The molecule has 274 valence electrons. The van der Waals surface area contributed by atoms with Gasteiger partial charge in [0.25, 0.3) is 0 Å². The predicted molar refractivity (Wildman–Crippen MR) is 230 cm³/mol. The summed E-state index contributed by atoms with van der Waals surface area (Å²) in [5.41, 5.74) is 15.6. The third-order valence-corrected chi connectivity index (χ3v) is 14.3. The summed E-state index contributed by atoms with van der Waals surface area (Å²) in [7, 11) is 0. The molecule has 0 amide bonds. The van der Waals surface area contributed by atoms with Gasteiger partial charge in [-0.15, -0.1) is 0 Å². The first-order chi connectivity index (χ1) is 27.6. The van der Waals surface area contributed by atoms with Gasteiger partial charge in [-0.1, -0.05) is 159 Å². The topological polar surface area (TPSA) is 36.1 Å². The molecule has 10 rings (SSSR count). The van der Waals surface area contributed by atoms with Crippen LogP contribution in [0.25, 0.3) is 27.8 Å². The van der Waals surface area contributed by atoms with Crippen molar-refractivity contribution in [3.05, 3.63) is 197 Å². The molecule has 0 radical (unpaired) electrons. The normalized spacial score (nSPS) is 28.1. The SMILES string of the molecule is CCC1/C(c2ccccc2)=C\CC/C(c2ccccc2)=N\C1c1ccc(-c2ccc(C3CC4CC5CC(c6ccc(-c7ccc(C#N)cc7)cc6)C543)cc2)cc1. The van der Waals surface area contributed by atoms with Crippen LogP contribution in [0.4, 0.5) is 0 Å². The fourth-order valence-electron chi connectivity index (χ4n) is 11.4. The Balaban J connectivity index is 0.892. The van der Waals surface area contributed by atoms with Crippen LogP contribution in [-0.2, 0) is 0 Å². The van der Waals surface area contributed by atoms with E-state index >= 15 is 0 Å². The molecule has 0 bridgehead atoms. The lowest BCUT2D eigenvalue weighted by Crippen LogP contribution is -2.70. The van der Waals surface area contributed by atoms with Crippen molar-refractivity contribution in [2.24, 2.45) is 28.2 Å². The van der Waals surface area contributed by atoms with Crippen molar-refractivity contribution < 1.29 is 0 Å². The third kappa shape index (κ3) is 5.79. The molecule has 7 atom stereocenters. The van der Waals surface area contributed by atoms with Crippen molar-refractivity contribution >= 4 is 11.3 Å². The minimum Gasteiger partial charge on any atom is -0.280 e. The van der Waals surface area contributed by atoms with Gasteiger partial charge in [-0.3, -0.25) is 4.99 Å². The standard InChI is InChI=1S/C54H48N2/c1-2-48-49(41-10-5-3-6-11-41)14-9-15-52(44-12-7-4-8-13-44)56-53(48)45-30-24-40(25-31-45)39-22-28-43(29-23-39)51-34-47-32-46-33-50(54(46,47)51)42-26-20-38(21-27-42)37-18-16-36(35-55)17-19-37/h3-8,10-14,16-31,46-48,50-51,53H,2,9,15,32-34H2,1H3/b49-14-,56-52+. The van der Waals surface area contributed by atoms with Gasteiger partial charge in [0.1, 0.15) is 0 Å². The van der Waals surface area contributed by atoms with E-state index in [4.69, 9.17) is 4.99 Å². The Hall–Kier alpha value is -5.78. The number of benzene rings is 6. The Bertz CT molecular complexity index is 2430. The van der Waals surface area contributed by atoms with Gasteiger partial charge in [0.2, 0.25) is 0 Å². The maximum Gasteiger partial charge on any atom is 0.0991 e. The molecule has 0 saturated heterocycles. The van der Waals surface area contributed by atoms with E-state index in [0.29, 0.717) is 28.7 Å². The molecule has 1 heterocycles. The summed E-state index contributed by atoms with van der Waals surface area (Å²) in [6, 6.07) is 60.2. The maximum absolute atomic E-state index is 9.20. The highest BCUT2D eigenvalue weighted by Gasteiger charge is 2.75. The summed E-state index contributed by atoms with van der Waals surface area (Å²) < 4.78 is 0. The number of aliphatic imine (C=N–C) groups is 1. The summed E-state index contributed by atoms with van der Waals surface area (Å²) in [6.07, 6.45) is 9.51. The zero-order valence-corrected chi connectivity index (χ0v) is 32.2. The number of nitrogens with zero attached hydrogens (tertiary/aromatic N) is 2. The van der Waals surface area contributed by atoms with Gasteiger partial charge in [0, 0.05) is 11.6 Å². The first-order valence-electron chi connectivity index (χ1n) is 20.8. The number of nitriles is 1. The van der Waals surface area contributed by atoms with Crippen molar-refractivity contribution in [1.82, 2.24) is 0 Å².